The van der Waals surface area contributed by atoms with E-state index in [1.54, 1.807) is 22.5 Å². The van der Waals surface area contributed by atoms with E-state index < -0.39 is 10.0 Å². The monoisotopic (exact) mass is 391 g/mol. The van der Waals surface area contributed by atoms with E-state index in [1.165, 1.54) is 5.56 Å². The van der Waals surface area contributed by atoms with Crippen LogP contribution in [0.25, 0.3) is 0 Å². The summed E-state index contributed by atoms with van der Waals surface area (Å²) in [4.78, 5) is 0.268. The van der Waals surface area contributed by atoms with E-state index in [4.69, 9.17) is 9.47 Å². The minimum absolute atomic E-state index is 0.268. The summed E-state index contributed by atoms with van der Waals surface area (Å²) in [5.41, 5.74) is 1.26. The van der Waals surface area contributed by atoms with Gasteiger partial charge >= 0.3 is 0 Å². The van der Waals surface area contributed by atoms with Gasteiger partial charge in [-0.3, -0.25) is 0 Å². The van der Waals surface area contributed by atoms with E-state index in [0.29, 0.717) is 43.1 Å². The first-order valence-corrected chi connectivity index (χ1v) is 11.2. The Morgan fingerprint density at radius 3 is 2.54 bits per heavy atom. The Balaban J connectivity index is 1.53. The Bertz CT molecular complexity index is 870. The average molecular weight is 392 g/mol. The van der Waals surface area contributed by atoms with Crippen LogP contribution in [0.5, 0.6) is 11.5 Å². The molecule has 0 aliphatic carbocycles. The maximum atomic E-state index is 13.1. The van der Waals surface area contributed by atoms with Gasteiger partial charge in [0.25, 0.3) is 0 Å². The number of hydrogen-bond acceptors (Lipinski definition) is 5. The van der Waals surface area contributed by atoms with Crippen molar-refractivity contribution in [3.8, 4) is 11.5 Å². The zero-order valence-electron chi connectivity index (χ0n) is 14.3. The summed E-state index contributed by atoms with van der Waals surface area (Å²) in [7, 11) is -3.54. The van der Waals surface area contributed by atoms with Crippen LogP contribution in [0.4, 0.5) is 0 Å². The van der Waals surface area contributed by atoms with Gasteiger partial charge in [-0.25, -0.2) is 8.42 Å². The fraction of sp³-hybridized carbons (Fsp3) is 0.368. The van der Waals surface area contributed by atoms with E-state index in [0.717, 1.165) is 12.2 Å². The molecule has 2 aromatic rings. The molecule has 1 fully saturated rings. The lowest BCUT2D eigenvalue weighted by Crippen LogP contribution is -2.33. The summed E-state index contributed by atoms with van der Waals surface area (Å²) in [5, 5.41) is 0.330. The molecule has 5 nitrogen and oxygen atoms in total. The van der Waals surface area contributed by atoms with Crippen molar-refractivity contribution in [2.75, 3.05) is 32.1 Å². The van der Waals surface area contributed by atoms with Gasteiger partial charge in [-0.2, -0.15) is 16.1 Å². The molecule has 26 heavy (non-hydrogen) atoms. The molecule has 2 heterocycles. The van der Waals surface area contributed by atoms with Gasteiger partial charge in [-0.05, 0) is 24.1 Å². The molecule has 1 saturated heterocycles. The van der Waals surface area contributed by atoms with E-state index in [2.05, 4.69) is 12.1 Å². The number of rotatable bonds is 3. The summed E-state index contributed by atoms with van der Waals surface area (Å²) >= 11 is 1.82. The Morgan fingerprint density at radius 1 is 0.962 bits per heavy atom. The Hall–Kier alpha value is -1.70. The first kappa shape index (κ1) is 17.7. The van der Waals surface area contributed by atoms with Crippen molar-refractivity contribution in [1.29, 1.82) is 0 Å². The van der Waals surface area contributed by atoms with Gasteiger partial charge in [0.1, 0.15) is 13.2 Å². The van der Waals surface area contributed by atoms with Gasteiger partial charge in [0.2, 0.25) is 10.0 Å². The lowest BCUT2D eigenvalue weighted by molar-refractivity contribution is 0.171. The van der Waals surface area contributed by atoms with Crippen molar-refractivity contribution in [1.82, 2.24) is 4.31 Å². The quantitative estimate of drug-likeness (QED) is 0.803. The van der Waals surface area contributed by atoms with Crippen molar-refractivity contribution in [2.24, 2.45) is 0 Å². The lowest BCUT2D eigenvalue weighted by Gasteiger charge is -2.22. The number of hydrogen-bond donors (Lipinski definition) is 0. The van der Waals surface area contributed by atoms with Crippen LogP contribution in [-0.2, 0) is 10.0 Å². The molecule has 0 unspecified atom stereocenters. The van der Waals surface area contributed by atoms with Crippen LogP contribution in [0.15, 0.2) is 53.4 Å². The third kappa shape index (κ3) is 3.56. The third-order valence-electron chi connectivity index (χ3n) is 4.62. The maximum Gasteiger partial charge on any atom is 0.243 e. The Morgan fingerprint density at radius 2 is 1.73 bits per heavy atom. The summed E-state index contributed by atoms with van der Waals surface area (Å²) in [6.45, 7) is 1.97. The zero-order chi connectivity index (χ0) is 18.0. The van der Waals surface area contributed by atoms with Crippen molar-refractivity contribution >= 4 is 21.8 Å². The predicted molar refractivity (Wildman–Crippen MR) is 102 cm³/mol. The van der Waals surface area contributed by atoms with E-state index in [-0.39, 0.29) is 4.90 Å². The normalized spacial score (nSPS) is 21.2. The molecule has 2 aromatic carbocycles. The smallest absolute Gasteiger partial charge is 0.243 e. The maximum absolute atomic E-state index is 13.1. The van der Waals surface area contributed by atoms with E-state index in [9.17, 15) is 8.42 Å². The van der Waals surface area contributed by atoms with Crippen molar-refractivity contribution in [2.45, 2.75) is 16.6 Å². The highest BCUT2D eigenvalue weighted by atomic mass is 32.2. The molecule has 0 amide bonds. The Labute approximate surface area is 158 Å². The number of sulfonamides is 1. The molecule has 1 atom stereocenters. The minimum atomic E-state index is -3.54. The van der Waals surface area contributed by atoms with Crippen LogP contribution in [-0.4, -0.2) is 44.8 Å². The summed E-state index contributed by atoms with van der Waals surface area (Å²) in [6, 6.07) is 15.2. The van der Waals surface area contributed by atoms with Crippen LogP contribution in [0.2, 0.25) is 0 Å². The predicted octanol–water partition coefficient (Wildman–Crippen LogP) is 3.33. The lowest BCUT2D eigenvalue weighted by atomic mass is 10.1. The van der Waals surface area contributed by atoms with Gasteiger partial charge < -0.3 is 9.47 Å². The Kier molecular flexibility index (Phi) is 5.11. The molecule has 0 bridgehead atoms. The van der Waals surface area contributed by atoms with Crippen LogP contribution in [0.1, 0.15) is 17.2 Å². The molecule has 2 aliphatic rings. The molecule has 2 aliphatic heterocycles. The van der Waals surface area contributed by atoms with Crippen LogP contribution in [0, 0.1) is 0 Å². The third-order valence-corrected chi connectivity index (χ3v) is 7.85. The average Bonchev–Trinajstić information content (AvgIpc) is 2.95. The fourth-order valence-corrected chi connectivity index (χ4v) is 6.08. The molecule has 0 saturated carbocycles. The highest BCUT2D eigenvalue weighted by Crippen LogP contribution is 2.37. The second kappa shape index (κ2) is 7.50. The first-order chi connectivity index (χ1) is 12.6. The highest BCUT2D eigenvalue weighted by Gasteiger charge is 2.29. The molecule has 0 radical (unpaired) electrons. The van der Waals surface area contributed by atoms with Gasteiger partial charge in [-0.1, -0.05) is 30.3 Å². The first-order valence-electron chi connectivity index (χ1n) is 8.71. The fourth-order valence-electron chi connectivity index (χ4n) is 3.26. The van der Waals surface area contributed by atoms with Gasteiger partial charge in [-0.15, -0.1) is 0 Å². The number of thioether (sulfide) groups is 1. The number of benzene rings is 2. The molecular formula is C19H21NO4S2. The summed E-state index contributed by atoms with van der Waals surface area (Å²) < 4.78 is 38.8. The van der Waals surface area contributed by atoms with Crippen LogP contribution < -0.4 is 9.47 Å². The highest BCUT2D eigenvalue weighted by molar-refractivity contribution is 7.99. The molecule has 138 valence electrons. The van der Waals surface area contributed by atoms with Crippen molar-refractivity contribution in [3.63, 3.8) is 0 Å². The number of ether oxygens (including phenoxy) is 2. The molecule has 0 spiro atoms. The zero-order valence-corrected chi connectivity index (χ0v) is 16.0. The molecular weight excluding hydrogens is 370 g/mol. The number of fused-ring (bicyclic) bond motifs is 1. The van der Waals surface area contributed by atoms with Crippen LogP contribution in [0.3, 0.4) is 0 Å². The number of nitrogens with zero attached hydrogens (tertiary/aromatic N) is 1. The van der Waals surface area contributed by atoms with Crippen LogP contribution >= 0.6 is 11.8 Å². The van der Waals surface area contributed by atoms with Gasteiger partial charge in [0.05, 0.1) is 4.90 Å². The second-order valence-electron chi connectivity index (χ2n) is 6.27. The van der Waals surface area contributed by atoms with E-state index >= 15 is 0 Å². The standard InChI is InChI=1S/C19H21NO4S2/c21-26(22,16-6-7-17-18(14-16)24-12-11-23-17)20-9-8-19(25-13-10-20)15-4-2-1-3-5-15/h1-7,14,19H,8-13H2/t19-/m1/s1. The largest absolute Gasteiger partial charge is 0.486 e. The second-order valence-corrected chi connectivity index (χ2v) is 9.52. The summed E-state index contributed by atoms with van der Waals surface area (Å²) in [6.07, 6.45) is 0.804. The van der Waals surface area contributed by atoms with Crippen molar-refractivity contribution in [3.05, 3.63) is 54.1 Å². The summed E-state index contributed by atoms with van der Waals surface area (Å²) in [5.74, 6) is 1.89. The van der Waals surface area contributed by atoms with Crippen molar-refractivity contribution < 1.29 is 17.9 Å². The molecule has 4 rings (SSSR count). The van der Waals surface area contributed by atoms with Gasteiger partial charge in [0, 0.05) is 30.2 Å². The van der Waals surface area contributed by atoms with E-state index in [1.807, 2.05) is 30.0 Å². The molecule has 0 N–H and O–H groups in total. The topological polar surface area (TPSA) is 55.8 Å². The minimum Gasteiger partial charge on any atom is -0.486 e. The molecule has 0 aromatic heterocycles. The molecule has 7 heteroatoms. The van der Waals surface area contributed by atoms with Gasteiger partial charge in [0.15, 0.2) is 11.5 Å². The SMILES string of the molecule is O=S(=O)(c1ccc2c(c1)OCCO2)N1CCS[C@@H](c2ccccc2)CC1.